The SMILES string of the molecule is COc1ccc(CN(C)C(=O)c2ccc3c(c2)NC(=O)[C@@H](C)S3)c(OC)c1. The summed E-state index contributed by atoms with van der Waals surface area (Å²) in [5.74, 6) is 1.18. The van der Waals surface area contributed by atoms with Gasteiger partial charge in [0.25, 0.3) is 5.91 Å². The van der Waals surface area contributed by atoms with Crippen LogP contribution in [-0.2, 0) is 11.3 Å². The van der Waals surface area contributed by atoms with Crippen molar-refractivity contribution in [3.63, 3.8) is 0 Å². The summed E-state index contributed by atoms with van der Waals surface area (Å²) in [6.45, 7) is 2.25. The molecule has 0 radical (unpaired) electrons. The number of methoxy groups -OCH3 is 2. The quantitative estimate of drug-likeness (QED) is 0.853. The molecule has 142 valence electrons. The van der Waals surface area contributed by atoms with Crippen molar-refractivity contribution in [3.8, 4) is 11.5 Å². The van der Waals surface area contributed by atoms with Crippen molar-refractivity contribution < 1.29 is 19.1 Å². The molecule has 0 saturated carbocycles. The zero-order valence-corrected chi connectivity index (χ0v) is 16.6. The molecule has 0 aliphatic carbocycles. The number of hydrogen-bond donors (Lipinski definition) is 1. The Hall–Kier alpha value is -2.67. The summed E-state index contributed by atoms with van der Waals surface area (Å²) in [7, 11) is 4.92. The molecule has 0 bridgehead atoms. The Bertz CT molecular complexity index is 884. The van der Waals surface area contributed by atoms with Gasteiger partial charge in [-0.1, -0.05) is 0 Å². The van der Waals surface area contributed by atoms with Gasteiger partial charge in [0.1, 0.15) is 11.5 Å². The fourth-order valence-corrected chi connectivity index (χ4v) is 3.80. The number of fused-ring (bicyclic) bond motifs is 1. The van der Waals surface area contributed by atoms with Crippen molar-refractivity contribution in [3.05, 3.63) is 47.5 Å². The lowest BCUT2D eigenvalue weighted by Crippen LogP contribution is -2.28. The molecule has 0 spiro atoms. The van der Waals surface area contributed by atoms with E-state index in [1.165, 1.54) is 11.8 Å². The molecule has 2 aromatic carbocycles. The Morgan fingerprint density at radius 2 is 1.96 bits per heavy atom. The number of nitrogens with one attached hydrogen (secondary N) is 1. The van der Waals surface area contributed by atoms with Gasteiger partial charge in [0.15, 0.2) is 0 Å². The first-order chi connectivity index (χ1) is 12.9. The van der Waals surface area contributed by atoms with Gasteiger partial charge in [-0.25, -0.2) is 0 Å². The molecule has 0 aromatic heterocycles. The van der Waals surface area contributed by atoms with E-state index in [1.54, 1.807) is 44.4 Å². The summed E-state index contributed by atoms with van der Waals surface area (Å²) >= 11 is 1.49. The van der Waals surface area contributed by atoms with Crippen LogP contribution in [0.1, 0.15) is 22.8 Å². The van der Waals surface area contributed by atoms with Crippen LogP contribution >= 0.6 is 11.8 Å². The number of anilines is 1. The van der Waals surface area contributed by atoms with Crippen molar-refractivity contribution in [1.82, 2.24) is 4.90 Å². The predicted molar refractivity (Wildman–Crippen MR) is 106 cm³/mol. The molecule has 0 saturated heterocycles. The summed E-state index contributed by atoms with van der Waals surface area (Å²) in [6, 6.07) is 10.9. The van der Waals surface area contributed by atoms with E-state index in [0.717, 1.165) is 10.5 Å². The first-order valence-electron chi connectivity index (χ1n) is 8.51. The molecule has 3 rings (SSSR count). The van der Waals surface area contributed by atoms with Crippen LogP contribution in [0.4, 0.5) is 5.69 Å². The van der Waals surface area contributed by atoms with Crippen molar-refractivity contribution in [1.29, 1.82) is 0 Å². The maximum Gasteiger partial charge on any atom is 0.253 e. The third-order valence-corrected chi connectivity index (χ3v) is 5.58. The number of thioether (sulfide) groups is 1. The molecule has 1 heterocycles. The Morgan fingerprint density at radius 3 is 2.67 bits per heavy atom. The average Bonchev–Trinajstić information content (AvgIpc) is 2.68. The highest BCUT2D eigenvalue weighted by Crippen LogP contribution is 2.36. The molecular formula is C20H22N2O4S. The van der Waals surface area contributed by atoms with Gasteiger partial charge < -0.3 is 19.7 Å². The minimum Gasteiger partial charge on any atom is -0.497 e. The van der Waals surface area contributed by atoms with E-state index in [2.05, 4.69) is 5.32 Å². The lowest BCUT2D eigenvalue weighted by Gasteiger charge is -2.23. The zero-order chi connectivity index (χ0) is 19.6. The summed E-state index contributed by atoms with van der Waals surface area (Å²) in [5, 5.41) is 2.73. The van der Waals surface area contributed by atoms with Crippen molar-refractivity contribution in [2.24, 2.45) is 0 Å². The number of benzene rings is 2. The molecule has 1 N–H and O–H groups in total. The smallest absolute Gasteiger partial charge is 0.253 e. The van der Waals surface area contributed by atoms with Gasteiger partial charge in [-0.05, 0) is 37.3 Å². The molecule has 2 amide bonds. The second-order valence-corrected chi connectivity index (χ2v) is 7.68. The van der Waals surface area contributed by atoms with Crippen LogP contribution in [0, 0.1) is 0 Å². The molecule has 0 fully saturated rings. The van der Waals surface area contributed by atoms with Crippen LogP contribution in [0.2, 0.25) is 0 Å². The molecule has 1 aliphatic rings. The van der Waals surface area contributed by atoms with Gasteiger partial charge in [-0.2, -0.15) is 0 Å². The number of amides is 2. The highest BCUT2D eigenvalue weighted by Gasteiger charge is 2.24. The van der Waals surface area contributed by atoms with E-state index in [0.29, 0.717) is 29.3 Å². The van der Waals surface area contributed by atoms with E-state index >= 15 is 0 Å². The number of carbonyl (C=O) groups excluding carboxylic acids is 2. The van der Waals surface area contributed by atoms with Gasteiger partial charge in [-0.3, -0.25) is 9.59 Å². The van der Waals surface area contributed by atoms with Gasteiger partial charge in [-0.15, -0.1) is 11.8 Å². The average molecular weight is 386 g/mol. The Labute approximate surface area is 162 Å². The third-order valence-electron chi connectivity index (χ3n) is 4.41. The minimum atomic E-state index is -0.135. The van der Waals surface area contributed by atoms with Crippen molar-refractivity contribution in [2.45, 2.75) is 23.6 Å². The Balaban J connectivity index is 1.78. The Kier molecular flexibility index (Phi) is 5.60. The zero-order valence-electron chi connectivity index (χ0n) is 15.7. The maximum absolute atomic E-state index is 12.8. The lowest BCUT2D eigenvalue weighted by molar-refractivity contribution is -0.115. The fraction of sp³-hybridized carbons (Fsp3) is 0.300. The molecule has 2 aromatic rings. The summed E-state index contributed by atoms with van der Waals surface area (Å²) in [6.07, 6.45) is 0. The third kappa shape index (κ3) is 4.03. The summed E-state index contributed by atoms with van der Waals surface area (Å²) in [4.78, 5) is 27.3. The van der Waals surface area contributed by atoms with Crippen LogP contribution < -0.4 is 14.8 Å². The molecule has 6 nitrogen and oxygen atoms in total. The number of hydrogen-bond acceptors (Lipinski definition) is 5. The van der Waals surface area contributed by atoms with Gasteiger partial charge in [0, 0.05) is 35.7 Å². The molecule has 7 heteroatoms. The van der Waals surface area contributed by atoms with Crippen LogP contribution in [0.5, 0.6) is 11.5 Å². The normalized spacial score (nSPS) is 15.6. The van der Waals surface area contributed by atoms with Crippen LogP contribution in [0.25, 0.3) is 0 Å². The monoisotopic (exact) mass is 386 g/mol. The van der Waals surface area contributed by atoms with Crippen LogP contribution in [0.3, 0.4) is 0 Å². The van der Waals surface area contributed by atoms with Crippen molar-refractivity contribution in [2.75, 3.05) is 26.6 Å². The lowest BCUT2D eigenvalue weighted by atomic mass is 10.1. The summed E-state index contributed by atoms with van der Waals surface area (Å²) in [5.41, 5.74) is 2.09. The standard InChI is InChI=1S/C20H22N2O4S/c1-12-19(23)21-16-9-13(6-8-18(16)27-12)20(24)22(2)11-14-5-7-15(25-3)10-17(14)26-4/h5-10,12H,11H2,1-4H3,(H,21,23)/t12-/m1/s1. The van der Waals surface area contributed by atoms with Crippen LogP contribution in [-0.4, -0.2) is 43.2 Å². The Morgan fingerprint density at radius 1 is 1.19 bits per heavy atom. The topological polar surface area (TPSA) is 67.9 Å². The maximum atomic E-state index is 12.8. The predicted octanol–water partition coefficient (Wildman–Crippen LogP) is 3.41. The first kappa shape index (κ1) is 19.1. The second-order valence-electron chi connectivity index (χ2n) is 6.30. The van der Waals surface area contributed by atoms with Gasteiger partial charge >= 0.3 is 0 Å². The fourth-order valence-electron chi connectivity index (χ4n) is 2.87. The first-order valence-corrected chi connectivity index (χ1v) is 9.39. The highest BCUT2D eigenvalue weighted by molar-refractivity contribution is 8.00. The number of ether oxygens (including phenoxy) is 2. The minimum absolute atomic E-state index is 0.0478. The van der Waals surface area contributed by atoms with E-state index < -0.39 is 0 Å². The molecular weight excluding hydrogens is 364 g/mol. The van der Waals surface area contributed by atoms with E-state index in [1.807, 2.05) is 25.1 Å². The molecule has 1 aliphatic heterocycles. The second kappa shape index (κ2) is 7.92. The largest absolute Gasteiger partial charge is 0.497 e. The van der Waals surface area contributed by atoms with Crippen molar-refractivity contribution >= 4 is 29.3 Å². The van der Waals surface area contributed by atoms with E-state index in [9.17, 15) is 9.59 Å². The molecule has 27 heavy (non-hydrogen) atoms. The van der Waals surface area contributed by atoms with E-state index in [4.69, 9.17) is 9.47 Å². The highest BCUT2D eigenvalue weighted by atomic mass is 32.2. The summed E-state index contributed by atoms with van der Waals surface area (Å²) < 4.78 is 10.6. The number of rotatable bonds is 5. The number of carbonyl (C=O) groups is 2. The van der Waals surface area contributed by atoms with Crippen LogP contribution in [0.15, 0.2) is 41.3 Å². The number of nitrogens with zero attached hydrogens (tertiary/aromatic N) is 1. The molecule has 0 unspecified atom stereocenters. The molecule has 1 atom stereocenters. The van der Waals surface area contributed by atoms with Gasteiger partial charge in [0.05, 0.1) is 25.2 Å². The van der Waals surface area contributed by atoms with E-state index in [-0.39, 0.29) is 17.1 Å². The van der Waals surface area contributed by atoms with Gasteiger partial charge in [0.2, 0.25) is 5.91 Å².